The van der Waals surface area contributed by atoms with Gasteiger partial charge in [-0.15, -0.1) is 0 Å². The highest BCUT2D eigenvalue weighted by molar-refractivity contribution is 7.91. The van der Waals surface area contributed by atoms with Crippen molar-refractivity contribution in [2.45, 2.75) is 82.7 Å². The van der Waals surface area contributed by atoms with E-state index in [9.17, 15) is 44.7 Å². The summed E-state index contributed by atoms with van der Waals surface area (Å²) in [5, 5.41) is 21.5. The summed E-state index contributed by atoms with van der Waals surface area (Å²) in [7, 11) is -3.53. The van der Waals surface area contributed by atoms with Gasteiger partial charge in [0.1, 0.15) is 15.4 Å². The third-order valence-corrected chi connectivity index (χ3v) is 7.30. The van der Waals surface area contributed by atoms with Gasteiger partial charge in [0.2, 0.25) is 0 Å². The molecule has 1 atom stereocenters. The zero-order valence-corrected chi connectivity index (χ0v) is 20.6. The second-order valence-electron chi connectivity index (χ2n) is 8.84. The maximum atomic E-state index is 13.1. The van der Waals surface area contributed by atoms with E-state index in [2.05, 4.69) is 5.32 Å². The lowest BCUT2D eigenvalue weighted by molar-refractivity contribution is -0.138. The van der Waals surface area contributed by atoms with E-state index in [-0.39, 0.29) is 17.9 Å². The summed E-state index contributed by atoms with van der Waals surface area (Å²) in [5.74, 6) is -1.56. The Hall–Kier alpha value is -2.33. The lowest BCUT2D eigenvalue weighted by Gasteiger charge is -2.22. The third-order valence-electron chi connectivity index (χ3n) is 5.48. The molecule has 0 aliphatic heterocycles. The summed E-state index contributed by atoms with van der Waals surface area (Å²) in [5.41, 5.74) is -3.85. The first-order valence-corrected chi connectivity index (χ1v) is 13.2. The van der Waals surface area contributed by atoms with Crippen molar-refractivity contribution in [1.82, 2.24) is 0 Å². The minimum Gasteiger partial charge on any atom is -0.380 e. The number of unbranched alkanes of at least 4 members (excludes halogenated alkanes) is 5. The number of carbonyl (C=O) groups is 1. The fourth-order valence-electron chi connectivity index (χ4n) is 3.43. The van der Waals surface area contributed by atoms with E-state index in [1.165, 1.54) is 13.0 Å². The van der Waals surface area contributed by atoms with Gasteiger partial charge in [-0.05, 0) is 44.4 Å². The molecule has 0 fully saturated rings. The number of hydrogen-bond donors (Lipinski definition) is 2. The Morgan fingerprint density at radius 3 is 2.06 bits per heavy atom. The van der Waals surface area contributed by atoms with Gasteiger partial charge in [0.15, 0.2) is 0 Å². The number of halogens is 6. The molecule has 1 rings (SSSR count). The molecule has 13 heteroatoms. The number of rotatable bonds is 14. The average Bonchev–Trinajstić information content (AvgIpc) is 2.73. The molecule has 0 saturated carbocycles. The van der Waals surface area contributed by atoms with Gasteiger partial charge in [0.25, 0.3) is 5.91 Å². The van der Waals surface area contributed by atoms with E-state index in [0.717, 1.165) is 12.1 Å². The number of alkyl halides is 6. The molecule has 1 aromatic rings. The Kier molecular flexibility index (Phi) is 11.7. The van der Waals surface area contributed by atoms with Gasteiger partial charge in [-0.2, -0.15) is 31.6 Å². The highest BCUT2D eigenvalue weighted by atomic mass is 32.2. The van der Waals surface area contributed by atoms with Gasteiger partial charge < -0.3 is 10.4 Å². The third kappa shape index (κ3) is 12.1. The number of nitrogens with zero attached hydrogens (tertiary/aromatic N) is 1. The number of amides is 1. The summed E-state index contributed by atoms with van der Waals surface area (Å²) in [6.45, 7) is 1.24. The quantitative estimate of drug-likeness (QED) is 0.229. The molecule has 1 amide bonds. The smallest absolute Gasteiger partial charge is 0.380 e. The van der Waals surface area contributed by atoms with Gasteiger partial charge in [-0.1, -0.05) is 32.1 Å². The molecule has 6 nitrogen and oxygen atoms in total. The predicted octanol–water partition coefficient (Wildman–Crippen LogP) is 5.75. The molecule has 36 heavy (non-hydrogen) atoms. The van der Waals surface area contributed by atoms with Crippen molar-refractivity contribution in [3.8, 4) is 6.07 Å². The van der Waals surface area contributed by atoms with Crippen LogP contribution in [-0.4, -0.2) is 42.7 Å². The number of anilines is 1. The van der Waals surface area contributed by atoms with Crippen LogP contribution in [0.3, 0.4) is 0 Å². The minimum absolute atomic E-state index is 0.0365. The fraction of sp³-hybridized carbons (Fsp3) is 0.652. The van der Waals surface area contributed by atoms with Gasteiger partial charge in [-0.3, -0.25) is 4.79 Å². The number of benzene rings is 1. The Morgan fingerprint density at radius 1 is 0.944 bits per heavy atom. The normalized spacial score (nSPS) is 14.2. The Bertz CT molecular complexity index is 1010. The van der Waals surface area contributed by atoms with Crippen LogP contribution in [-0.2, 0) is 20.8 Å². The Balaban J connectivity index is 2.36. The molecule has 0 bridgehead atoms. The lowest BCUT2D eigenvalue weighted by Crippen LogP contribution is -2.40. The van der Waals surface area contributed by atoms with E-state index in [1.807, 2.05) is 0 Å². The molecule has 0 aliphatic rings. The standard InChI is InChI=1S/C23H30F6N2O4S/c1-21(33,20(32)31-18-10-9-17(16-30)19(15-18)23(27,28)29)11-6-4-2-3-5-7-13-36(34,35)14-8-12-22(24,25)26/h9-10,15,33H,2-8,11-14H2,1H3,(H,31,32)/t21-/m0/s1. The van der Waals surface area contributed by atoms with Crippen LogP contribution in [0, 0.1) is 11.3 Å². The van der Waals surface area contributed by atoms with E-state index >= 15 is 0 Å². The van der Waals surface area contributed by atoms with Gasteiger partial charge in [0.05, 0.1) is 28.7 Å². The van der Waals surface area contributed by atoms with Crippen molar-refractivity contribution < 1.29 is 44.7 Å². The molecule has 1 aromatic carbocycles. The highest BCUT2D eigenvalue weighted by Gasteiger charge is 2.35. The lowest BCUT2D eigenvalue weighted by atomic mass is 9.96. The maximum Gasteiger partial charge on any atom is 0.417 e. The van der Waals surface area contributed by atoms with Crippen molar-refractivity contribution in [2.75, 3.05) is 16.8 Å². The fourth-order valence-corrected chi connectivity index (χ4v) is 4.86. The molecule has 0 spiro atoms. The van der Waals surface area contributed by atoms with Crippen LogP contribution in [0.25, 0.3) is 0 Å². The number of aliphatic hydroxyl groups is 1. The molecule has 204 valence electrons. The number of nitriles is 1. The Morgan fingerprint density at radius 2 is 1.50 bits per heavy atom. The van der Waals surface area contributed by atoms with E-state index in [4.69, 9.17) is 5.26 Å². The molecule has 0 unspecified atom stereocenters. The zero-order chi connectivity index (χ0) is 27.6. The molecule has 0 radical (unpaired) electrons. The van der Waals surface area contributed by atoms with Crippen molar-refractivity contribution in [1.29, 1.82) is 5.26 Å². The van der Waals surface area contributed by atoms with Crippen molar-refractivity contribution >= 4 is 21.4 Å². The average molecular weight is 545 g/mol. The molecule has 0 heterocycles. The first-order valence-electron chi connectivity index (χ1n) is 11.4. The minimum atomic E-state index is -4.79. The van der Waals surface area contributed by atoms with Crippen molar-refractivity contribution in [2.24, 2.45) is 0 Å². The van der Waals surface area contributed by atoms with Crippen molar-refractivity contribution in [3.05, 3.63) is 29.3 Å². The first kappa shape index (κ1) is 31.7. The molecule has 0 aliphatic carbocycles. The van der Waals surface area contributed by atoms with Gasteiger partial charge in [0, 0.05) is 12.1 Å². The molecular weight excluding hydrogens is 514 g/mol. The van der Waals surface area contributed by atoms with Gasteiger partial charge in [-0.25, -0.2) is 8.42 Å². The van der Waals surface area contributed by atoms with E-state index in [1.54, 1.807) is 0 Å². The van der Waals surface area contributed by atoms with Crippen LogP contribution in [0.15, 0.2) is 18.2 Å². The number of carbonyl (C=O) groups excluding carboxylic acids is 1. The Labute approximate surface area is 206 Å². The summed E-state index contributed by atoms with van der Waals surface area (Å²) in [6, 6.07) is 4.13. The van der Waals surface area contributed by atoms with Crippen LogP contribution in [0.5, 0.6) is 0 Å². The number of hydrogen-bond acceptors (Lipinski definition) is 5. The van der Waals surface area contributed by atoms with Crippen molar-refractivity contribution in [3.63, 3.8) is 0 Å². The van der Waals surface area contributed by atoms with Crippen LogP contribution in [0.4, 0.5) is 32.0 Å². The second-order valence-corrected chi connectivity index (χ2v) is 11.1. The summed E-state index contributed by atoms with van der Waals surface area (Å²) >= 11 is 0. The van der Waals surface area contributed by atoms with E-state index in [0.29, 0.717) is 44.6 Å². The number of nitrogens with one attached hydrogen (secondary N) is 1. The topological polar surface area (TPSA) is 107 Å². The highest BCUT2D eigenvalue weighted by Crippen LogP contribution is 2.34. The second kappa shape index (κ2) is 13.3. The van der Waals surface area contributed by atoms with Crippen LogP contribution in [0.2, 0.25) is 0 Å². The van der Waals surface area contributed by atoms with Gasteiger partial charge >= 0.3 is 12.4 Å². The molecular formula is C23H30F6N2O4S. The summed E-state index contributed by atoms with van der Waals surface area (Å²) < 4.78 is 99.0. The molecule has 2 N–H and O–H groups in total. The van der Waals surface area contributed by atoms with E-state index < -0.39 is 63.4 Å². The predicted molar refractivity (Wildman–Crippen MR) is 122 cm³/mol. The SMILES string of the molecule is C[C@](O)(CCCCCCCCS(=O)(=O)CCCC(F)(F)F)C(=O)Nc1ccc(C#N)c(C(F)(F)F)c1. The summed E-state index contributed by atoms with van der Waals surface area (Å²) in [6.07, 6.45) is -7.43. The zero-order valence-electron chi connectivity index (χ0n) is 19.8. The van der Waals surface area contributed by atoms with Crippen LogP contribution >= 0.6 is 0 Å². The molecule has 0 aromatic heterocycles. The number of sulfone groups is 1. The monoisotopic (exact) mass is 544 g/mol. The largest absolute Gasteiger partial charge is 0.417 e. The van der Waals surface area contributed by atoms with Crippen LogP contribution < -0.4 is 5.32 Å². The summed E-state index contributed by atoms with van der Waals surface area (Å²) in [4.78, 5) is 12.4. The maximum absolute atomic E-state index is 13.1. The van der Waals surface area contributed by atoms with Crippen LogP contribution in [0.1, 0.15) is 75.8 Å². The molecule has 0 saturated heterocycles. The first-order chi connectivity index (χ1) is 16.5.